The van der Waals surface area contributed by atoms with E-state index < -0.39 is 0 Å². The summed E-state index contributed by atoms with van der Waals surface area (Å²) in [4.78, 5) is 15.6. The van der Waals surface area contributed by atoms with Crippen molar-refractivity contribution in [1.29, 1.82) is 0 Å². The number of rotatable bonds is 5. The smallest absolute Gasteiger partial charge is 0.220 e. The molecule has 0 aromatic rings. The lowest BCUT2D eigenvalue weighted by molar-refractivity contribution is -0.122. The van der Waals surface area contributed by atoms with E-state index in [1.54, 1.807) is 0 Å². The van der Waals surface area contributed by atoms with E-state index in [0.29, 0.717) is 5.92 Å². The number of guanidine groups is 1. The van der Waals surface area contributed by atoms with Crippen molar-refractivity contribution in [3.05, 3.63) is 0 Å². The van der Waals surface area contributed by atoms with Crippen LogP contribution in [0.2, 0.25) is 0 Å². The second kappa shape index (κ2) is 10.3. The molecule has 1 fully saturated rings. The van der Waals surface area contributed by atoms with Crippen LogP contribution in [0.25, 0.3) is 0 Å². The molecule has 19 heavy (non-hydrogen) atoms. The Kier molecular flexibility index (Phi) is 9.99. The number of primary amides is 1. The summed E-state index contributed by atoms with van der Waals surface area (Å²) >= 11 is 0. The molecule has 112 valence electrons. The van der Waals surface area contributed by atoms with Crippen LogP contribution < -0.4 is 16.4 Å². The maximum absolute atomic E-state index is 11.1. The van der Waals surface area contributed by atoms with E-state index in [-0.39, 0.29) is 35.8 Å². The minimum Gasteiger partial charge on any atom is -0.369 e. The Bertz CT molecular complexity index is 280. The highest BCUT2D eigenvalue weighted by Gasteiger charge is 2.24. The van der Waals surface area contributed by atoms with Crippen molar-refractivity contribution < 1.29 is 4.79 Å². The molecule has 0 spiro atoms. The molecule has 0 aromatic carbocycles. The Morgan fingerprint density at radius 1 is 1.16 bits per heavy atom. The minimum atomic E-state index is -0.141. The van der Waals surface area contributed by atoms with E-state index in [2.05, 4.69) is 29.5 Å². The molecule has 0 aliphatic heterocycles. The molecule has 0 saturated heterocycles. The molecular formula is C13H27IN4O. The summed E-state index contributed by atoms with van der Waals surface area (Å²) < 4.78 is 0. The van der Waals surface area contributed by atoms with Gasteiger partial charge in [-0.25, -0.2) is 0 Å². The maximum atomic E-state index is 11.1. The summed E-state index contributed by atoms with van der Waals surface area (Å²) in [6, 6.07) is 0. The van der Waals surface area contributed by atoms with Crippen molar-refractivity contribution in [3.63, 3.8) is 0 Å². The molecule has 6 heteroatoms. The van der Waals surface area contributed by atoms with Crippen molar-refractivity contribution >= 4 is 35.8 Å². The molecule has 1 saturated carbocycles. The molecule has 0 aromatic heterocycles. The van der Waals surface area contributed by atoms with Crippen LogP contribution in [0.4, 0.5) is 0 Å². The average Bonchev–Trinajstić information content (AvgIpc) is 2.37. The number of carbonyl (C=O) groups is 1. The molecule has 0 bridgehead atoms. The first-order valence-corrected chi connectivity index (χ1v) is 6.98. The van der Waals surface area contributed by atoms with E-state index >= 15 is 0 Å². The topological polar surface area (TPSA) is 79.5 Å². The molecule has 0 radical (unpaired) electrons. The third kappa shape index (κ3) is 6.98. The van der Waals surface area contributed by atoms with Crippen LogP contribution in [0.1, 0.15) is 39.5 Å². The van der Waals surface area contributed by atoms with Gasteiger partial charge in [-0.1, -0.05) is 0 Å². The van der Waals surface area contributed by atoms with Crippen LogP contribution in [0.3, 0.4) is 0 Å². The van der Waals surface area contributed by atoms with Crippen LogP contribution in [-0.4, -0.2) is 31.5 Å². The molecular weight excluding hydrogens is 355 g/mol. The van der Waals surface area contributed by atoms with Crippen molar-refractivity contribution in [2.24, 2.45) is 22.6 Å². The molecule has 1 aliphatic rings. The van der Waals surface area contributed by atoms with Crippen molar-refractivity contribution in [3.8, 4) is 0 Å². The SMILES string of the molecule is CCNC(=NCC1CCC(C(N)=O)CC1)NCC.I. The number of hydrogen-bond donors (Lipinski definition) is 3. The van der Waals surface area contributed by atoms with E-state index in [4.69, 9.17) is 5.73 Å². The van der Waals surface area contributed by atoms with Gasteiger partial charge in [0.25, 0.3) is 0 Å². The van der Waals surface area contributed by atoms with Crippen molar-refractivity contribution in [2.75, 3.05) is 19.6 Å². The number of nitrogens with zero attached hydrogens (tertiary/aromatic N) is 1. The van der Waals surface area contributed by atoms with Gasteiger partial charge in [-0.15, -0.1) is 24.0 Å². The molecule has 1 aliphatic carbocycles. The summed E-state index contributed by atoms with van der Waals surface area (Å²) in [5.41, 5.74) is 5.33. The highest BCUT2D eigenvalue weighted by Crippen LogP contribution is 2.28. The second-order valence-corrected chi connectivity index (χ2v) is 4.87. The molecule has 4 N–H and O–H groups in total. The highest BCUT2D eigenvalue weighted by molar-refractivity contribution is 14.0. The fraction of sp³-hybridized carbons (Fsp3) is 0.846. The fourth-order valence-corrected chi connectivity index (χ4v) is 2.36. The van der Waals surface area contributed by atoms with Crippen LogP contribution in [0.5, 0.6) is 0 Å². The second-order valence-electron chi connectivity index (χ2n) is 4.87. The third-order valence-corrected chi connectivity index (χ3v) is 3.45. The Morgan fingerprint density at radius 2 is 1.68 bits per heavy atom. The number of nitrogens with one attached hydrogen (secondary N) is 2. The van der Waals surface area contributed by atoms with Gasteiger partial charge in [0.2, 0.25) is 5.91 Å². The van der Waals surface area contributed by atoms with Crippen LogP contribution in [0, 0.1) is 11.8 Å². The highest BCUT2D eigenvalue weighted by atomic mass is 127. The van der Waals surface area contributed by atoms with Crippen LogP contribution in [0.15, 0.2) is 4.99 Å². The molecule has 0 atom stereocenters. The summed E-state index contributed by atoms with van der Waals surface area (Å²) in [6.45, 7) is 6.71. The quantitative estimate of drug-likeness (QED) is 0.383. The van der Waals surface area contributed by atoms with E-state index in [1.807, 2.05) is 0 Å². The van der Waals surface area contributed by atoms with Gasteiger partial charge in [0, 0.05) is 25.6 Å². The molecule has 0 heterocycles. The Hall–Kier alpha value is -0.530. The Labute approximate surface area is 133 Å². The lowest BCUT2D eigenvalue weighted by Crippen LogP contribution is -2.37. The third-order valence-electron chi connectivity index (χ3n) is 3.45. The van der Waals surface area contributed by atoms with Gasteiger partial charge >= 0.3 is 0 Å². The molecule has 1 amide bonds. The fourth-order valence-electron chi connectivity index (χ4n) is 2.36. The largest absolute Gasteiger partial charge is 0.369 e. The van der Waals surface area contributed by atoms with E-state index in [9.17, 15) is 4.79 Å². The zero-order valence-electron chi connectivity index (χ0n) is 11.9. The summed E-state index contributed by atoms with van der Waals surface area (Å²) in [5, 5.41) is 6.43. The number of aliphatic imine (C=N–C) groups is 1. The van der Waals surface area contributed by atoms with Gasteiger partial charge in [-0.05, 0) is 45.4 Å². The first kappa shape index (κ1) is 18.5. The first-order chi connectivity index (χ1) is 8.67. The number of carbonyl (C=O) groups excluding carboxylic acids is 1. The maximum Gasteiger partial charge on any atom is 0.220 e. The van der Waals surface area contributed by atoms with E-state index in [1.165, 1.54) is 0 Å². The van der Waals surface area contributed by atoms with E-state index in [0.717, 1.165) is 51.3 Å². The lowest BCUT2D eigenvalue weighted by Gasteiger charge is -2.25. The van der Waals surface area contributed by atoms with Gasteiger partial charge in [-0.3, -0.25) is 9.79 Å². The zero-order valence-corrected chi connectivity index (χ0v) is 14.3. The number of nitrogens with two attached hydrogens (primary N) is 1. The predicted molar refractivity (Wildman–Crippen MR) is 89.7 cm³/mol. The lowest BCUT2D eigenvalue weighted by atomic mass is 9.82. The summed E-state index contributed by atoms with van der Waals surface area (Å²) in [6.07, 6.45) is 3.96. The van der Waals surface area contributed by atoms with Gasteiger partial charge in [0.15, 0.2) is 5.96 Å². The Balaban J connectivity index is 0.00000324. The molecule has 0 unspecified atom stereocenters. The van der Waals surface area contributed by atoms with Crippen LogP contribution >= 0.6 is 24.0 Å². The molecule has 5 nitrogen and oxygen atoms in total. The van der Waals surface area contributed by atoms with Gasteiger partial charge in [0.05, 0.1) is 0 Å². The van der Waals surface area contributed by atoms with Gasteiger partial charge in [0.1, 0.15) is 0 Å². The average molecular weight is 382 g/mol. The van der Waals surface area contributed by atoms with Crippen LogP contribution in [-0.2, 0) is 4.79 Å². The zero-order chi connectivity index (χ0) is 13.4. The number of halogens is 1. The number of amides is 1. The van der Waals surface area contributed by atoms with Gasteiger partial charge < -0.3 is 16.4 Å². The normalized spacial score (nSPS) is 22.0. The predicted octanol–water partition coefficient (Wildman–Crippen LogP) is 1.47. The number of hydrogen-bond acceptors (Lipinski definition) is 2. The summed E-state index contributed by atoms with van der Waals surface area (Å²) in [7, 11) is 0. The minimum absolute atomic E-state index is 0. The summed E-state index contributed by atoms with van der Waals surface area (Å²) in [5.74, 6) is 1.43. The first-order valence-electron chi connectivity index (χ1n) is 6.98. The van der Waals surface area contributed by atoms with Crippen molar-refractivity contribution in [2.45, 2.75) is 39.5 Å². The Morgan fingerprint density at radius 3 is 2.11 bits per heavy atom. The van der Waals surface area contributed by atoms with Gasteiger partial charge in [-0.2, -0.15) is 0 Å². The van der Waals surface area contributed by atoms with Crippen molar-refractivity contribution in [1.82, 2.24) is 10.6 Å². The standard InChI is InChI=1S/C13H26N4O.HI/c1-3-15-13(16-4-2)17-9-10-5-7-11(8-6-10)12(14)18;/h10-11H,3-9H2,1-2H3,(H2,14,18)(H2,15,16,17);1H. The molecule has 1 rings (SSSR count). The monoisotopic (exact) mass is 382 g/mol.